The Bertz CT molecular complexity index is 3290. The molecule has 2 fully saturated rings. The second kappa shape index (κ2) is 23.8. The van der Waals surface area contributed by atoms with Gasteiger partial charge in [-0.1, -0.05) is 0 Å². The van der Waals surface area contributed by atoms with E-state index in [0.29, 0.717) is 34.4 Å². The van der Waals surface area contributed by atoms with Crippen LogP contribution >= 0.6 is 30.5 Å². The molecule has 8 aromatic heterocycles. The number of hydrogen-bond donors (Lipinski definition) is 3. The Hall–Kier alpha value is -6.91. The van der Waals surface area contributed by atoms with Gasteiger partial charge in [-0.15, -0.1) is 22.7 Å². The van der Waals surface area contributed by atoms with Crippen LogP contribution in [0.3, 0.4) is 0 Å². The van der Waals surface area contributed by atoms with Gasteiger partial charge in [-0.3, -0.25) is 28.0 Å². The molecule has 8 heterocycles. The molecule has 2 aliphatic carbocycles. The minimum Gasteiger partial charge on any atom is -0.379 e. The highest BCUT2D eigenvalue weighted by atomic mass is 32.1. The number of nitrogens with zero attached hydrogens (tertiary/aromatic N) is 12. The number of ether oxygens (including phenoxy) is 2. The first kappa shape index (κ1) is 55.4. The Morgan fingerprint density at radius 2 is 1.04 bits per heavy atom. The fourth-order valence-corrected chi connectivity index (χ4v) is 12.0. The summed E-state index contributed by atoms with van der Waals surface area (Å²) >= 11 is 2.24. The minimum absolute atomic E-state index is 0.00514. The van der Waals surface area contributed by atoms with Crippen molar-refractivity contribution in [3.8, 4) is 43.9 Å². The number of rotatable bonds is 20. The maximum atomic E-state index is 15.1. The number of hydrogen-bond acceptors (Lipinski definition) is 17. The van der Waals surface area contributed by atoms with Gasteiger partial charge in [0.1, 0.15) is 44.2 Å². The summed E-state index contributed by atoms with van der Waals surface area (Å²) in [4.78, 5) is 54.6. The summed E-state index contributed by atoms with van der Waals surface area (Å²) in [5.41, 5.74) is 0.316. The molecular formula is C50H53F4N14O8PS2. The summed E-state index contributed by atoms with van der Waals surface area (Å²) in [6.07, 6.45) is 13.0. The predicted molar refractivity (Wildman–Crippen MR) is 281 cm³/mol. The van der Waals surface area contributed by atoms with Gasteiger partial charge in [0, 0.05) is 59.9 Å². The van der Waals surface area contributed by atoms with Gasteiger partial charge in [0.05, 0.1) is 48.1 Å². The van der Waals surface area contributed by atoms with Gasteiger partial charge in [0.15, 0.2) is 24.1 Å². The van der Waals surface area contributed by atoms with E-state index in [-0.39, 0.29) is 69.8 Å². The third-order valence-corrected chi connectivity index (χ3v) is 16.3. The summed E-state index contributed by atoms with van der Waals surface area (Å²) in [6.45, 7) is 8.02. The Balaban J connectivity index is 0.757. The van der Waals surface area contributed by atoms with Crippen molar-refractivity contribution < 1.29 is 55.1 Å². The van der Waals surface area contributed by atoms with Gasteiger partial charge in [-0.2, -0.15) is 29.2 Å². The predicted octanol–water partition coefficient (Wildman–Crippen LogP) is 10.8. The molecule has 0 saturated heterocycles. The van der Waals surface area contributed by atoms with Crippen LogP contribution < -0.4 is 10.6 Å². The fraction of sp³-hybridized carbons (Fsp3) is 0.400. The standard InChI is InChI=1S/C50H53F4N14O8PS2/c1-5-73-33-11-7-31(8-12-33)67-23-37(45(63-67)43-35(51)15-17-41(53)61-43)57-47(69)39-25-78-49(59-39)29-19-55-65(21-29)27(3)75-77(71,72)76-28(4)66-22-30(20-56-66)50-60-40(26-79-50)48(70)58-38-24-68(32-9-13-34(14-10-32)74-6-2)64-46(38)44-36(52)16-18-42(54)62-44/h15-28,31-34H,5-14H2,1-4H3,(H,57,69)(H,58,70)(H,71,72)/t27-,28-,31?,32?,33?,34?/m1/s1. The molecule has 0 aliphatic heterocycles. The molecule has 2 amide bonds. The van der Waals surface area contributed by atoms with Crippen molar-refractivity contribution >= 4 is 53.7 Å². The van der Waals surface area contributed by atoms with Crippen molar-refractivity contribution in [3.05, 3.63) is 107 Å². The molecule has 0 unspecified atom stereocenters. The summed E-state index contributed by atoms with van der Waals surface area (Å²) < 4.78 is 100. The van der Waals surface area contributed by atoms with Gasteiger partial charge < -0.3 is 25.0 Å². The first-order valence-electron chi connectivity index (χ1n) is 25.4. The van der Waals surface area contributed by atoms with Gasteiger partial charge in [0.2, 0.25) is 11.9 Å². The van der Waals surface area contributed by atoms with Crippen LogP contribution in [0.25, 0.3) is 43.9 Å². The third kappa shape index (κ3) is 12.8. The molecule has 0 radical (unpaired) electrons. The maximum Gasteiger partial charge on any atom is 0.476 e. The van der Waals surface area contributed by atoms with Crippen molar-refractivity contribution in [1.82, 2.24) is 59.1 Å². The zero-order valence-corrected chi connectivity index (χ0v) is 45.4. The van der Waals surface area contributed by atoms with Gasteiger partial charge >= 0.3 is 7.82 Å². The highest BCUT2D eigenvalue weighted by Gasteiger charge is 2.32. The van der Waals surface area contributed by atoms with E-state index < -0.39 is 55.6 Å². The quantitative estimate of drug-likeness (QED) is 0.0364. The van der Waals surface area contributed by atoms with Crippen LogP contribution in [0.2, 0.25) is 0 Å². The molecular weight excluding hydrogens is 1100 g/mol. The molecule has 0 spiro atoms. The monoisotopic (exact) mass is 1150 g/mol. The summed E-state index contributed by atoms with van der Waals surface area (Å²) in [5.74, 6) is -4.77. The van der Waals surface area contributed by atoms with Gasteiger partial charge in [-0.05, 0) is 103 Å². The fourth-order valence-electron chi connectivity index (χ4n) is 9.48. The zero-order valence-electron chi connectivity index (χ0n) is 42.9. The molecule has 2 aliphatic rings. The lowest BCUT2D eigenvalue weighted by molar-refractivity contribution is 0.0258. The van der Waals surface area contributed by atoms with E-state index in [9.17, 15) is 27.8 Å². The molecule has 416 valence electrons. The molecule has 2 saturated carbocycles. The Labute approximate surface area is 456 Å². The van der Waals surface area contributed by atoms with Crippen molar-refractivity contribution in [2.45, 2.75) is 116 Å². The number of phosphoric acid groups is 1. The Kier molecular flexibility index (Phi) is 16.7. The SMILES string of the molecule is CCOC1CCC(n2cc(NC(=O)c3csc(-c4cnn([C@@H](C)OP(=O)(O)O[C@H](C)n5cc(-c6nc(C(=O)Nc7cn(C8CCC(OCC)CC8)nc7-c7nc(F)ccc7F)cs6)cn5)c4)n3)c(-c3nc(F)ccc3F)n2)CC1. The normalized spacial score (nSPS) is 19.3. The van der Waals surface area contributed by atoms with Crippen LogP contribution in [-0.4, -0.2) is 101 Å². The molecule has 3 N–H and O–H groups in total. The Morgan fingerprint density at radius 3 is 1.43 bits per heavy atom. The van der Waals surface area contributed by atoms with Crippen LogP contribution in [0.15, 0.2) is 72.2 Å². The number of halogens is 4. The first-order chi connectivity index (χ1) is 38.0. The van der Waals surface area contributed by atoms with Crippen LogP contribution in [-0.2, 0) is 23.1 Å². The topological polar surface area (TPSA) is 255 Å². The van der Waals surface area contributed by atoms with Crippen molar-refractivity contribution in [2.75, 3.05) is 23.8 Å². The van der Waals surface area contributed by atoms with Crippen LogP contribution in [0.5, 0.6) is 0 Å². The van der Waals surface area contributed by atoms with Crippen LogP contribution in [0, 0.1) is 23.5 Å². The lowest BCUT2D eigenvalue weighted by atomic mass is 9.93. The number of nitrogens with one attached hydrogen (secondary N) is 2. The smallest absolute Gasteiger partial charge is 0.379 e. The van der Waals surface area contributed by atoms with E-state index in [4.69, 9.17) is 18.5 Å². The van der Waals surface area contributed by atoms with E-state index in [1.807, 2.05) is 13.8 Å². The number of amides is 2. The lowest BCUT2D eigenvalue weighted by Crippen LogP contribution is -2.24. The van der Waals surface area contributed by atoms with E-state index in [1.54, 1.807) is 21.8 Å². The molecule has 0 bridgehead atoms. The first-order valence-corrected chi connectivity index (χ1v) is 28.7. The second-order valence-electron chi connectivity index (χ2n) is 18.7. The molecule has 0 aromatic carbocycles. The van der Waals surface area contributed by atoms with E-state index >= 15 is 8.78 Å². The highest BCUT2D eigenvalue weighted by Crippen LogP contribution is 2.50. The summed E-state index contributed by atoms with van der Waals surface area (Å²) in [6, 6.07) is 3.53. The number of thiazole rings is 2. The molecule has 2 atom stereocenters. The summed E-state index contributed by atoms with van der Waals surface area (Å²) in [5, 5.41) is 26.9. The average Bonchev–Trinajstić information content (AvgIpc) is 4.39. The molecule has 8 aromatic rings. The van der Waals surface area contributed by atoms with Crippen molar-refractivity contribution in [2.24, 2.45) is 0 Å². The number of aromatic nitrogens is 12. The van der Waals surface area contributed by atoms with Crippen molar-refractivity contribution in [1.29, 1.82) is 0 Å². The van der Waals surface area contributed by atoms with Gasteiger partial charge in [-0.25, -0.2) is 42.6 Å². The maximum absolute atomic E-state index is 15.1. The number of carbonyl (C=O) groups excluding carboxylic acids is 2. The number of phosphoric ester groups is 1. The minimum atomic E-state index is -4.81. The molecule has 10 rings (SSSR count). The summed E-state index contributed by atoms with van der Waals surface area (Å²) in [7, 11) is -4.81. The Morgan fingerprint density at radius 1 is 0.633 bits per heavy atom. The van der Waals surface area contributed by atoms with Crippen LogP contribution in [0.1, 0.15) is 125 Å². The zero-order chi connectivity index (χ0) is 55.5. The number of carbonyl (C=O) groups is 2. The van der Waals surface area contributed by atoms with E-state index in [0.717, 1.165) is 98.3 Å². The second-order valence-corrected chi connectivity index (χ2v) is 21.8. The van der Waals surface area contributed by atoms with E-state index in [2.05, 4.69) is 51.0 Å². The molecule has 79 heavy (non-hydrogen) atoms. The molecule has 29 heteroatoms. The lowest BCUT2D eigenvalue weighted by Gasteiger charge is -2.28. The number of pyridine rings is 2. The van der Waals surface area contributed by atoms with Gasteiger partial charge in [0.25, 0.3) is 11.8 Å². The molecule has 22 nitrogen and oxygen atoms in total. The van der Waals surface area contributed by atoms with Crippen LogP contribution in [0.4, 0.5) is 28.9 Å². The average molecular weight is 1150 g/mol. The van der Waals surface area contributed by atoms with Crippen molar-refractivity contribution in [3.63, 3.8) is 0 Å². The highest BCUT2D eigenvalue weighted by molar-refractivity contribution is 7.47. The largest absolute Gasteiger partial charge is 0.476 e. The number of anilines is 2. The third-order valence-electron chi connectivity index (χ3n) is 13.4. The van der Waals surface area contributed by atoms with E-state index in [1.165, 1.54) is 58.8 Å².